The Hall–Kier alpha value is -3.74. The first-order valence-electron chi connectivity index (χ1n) is 13.3. The van der Waals surface area contributed by atoms with Crippen LogP contribution < -0.4 is 20.1 Å². The van der Waals surface area contributed by atoms with Crippen molar-refractivity contribution in [2.45, 2.75) is 70.3 Å². The number of hydrogen-bond acceptors (Lipinski definition) is 8. The Kier molecular flexibility index (Phi) is 7.91. The number of nitrogens with zero attached hydrogens (tertiary/aromatic N) is 2. The molecule has 220 valence electrons. The molecule has 3 aromatic rings. The zero-order valence-electron chi connectivity index (χ0n) is 23.1. The van der Waals surface area contributed by atoms with Crippen molar-refractivity contribution >= 4 is 34.0 Å². The molecule has 41 heavy (non-hydrogen) atoms. The molecule has 2 atom stereocenters. The summed E-state index contributed by atoms with van der Waals surface area (Å²) in [7, 11) is 2.93. The van der Waals surface area contributed by atoms with E-state index in [1.54, 1.807) is 32.0 Å². The van der Waals surface area contributed by atoms with Crippen molar-refractivity contribution in [3.05, 3.63) is 51.5 Å². The smallest absolute Gasteiger partial charge is 0.410 e. The Balaban J connectivity index is 1.45. The molecular formula is C28H31F3N4O5S. The van der Waals surface area contributed by atoms with Gasteiger partial charge < -0.3 is 24.8 Å². The van der Waals surface area contributed by atoms with Crippen LogP contribution in [0.25, 0.3) is 0 Å². The molecule has 2 aromatic heterocycles. The predicted molar refractivity (Wildman–Crippen MR) is 147 cm³/mol. The standard InChI is InChI=1S/C28H31F3N4O5S/c1-14(2)40-27(37)24-16-7-5-6-8-21(16)41-26(24)33-25(36)18-13-23-32-17(12-22(28(29,30)31)35(23)34-18)15-9-10-19(38-3)20(11-15)39-4/h9-11,13-14,17,22,32H,5-8,12H2,1-4H3,(H,33,36)/t17-,22-/m1/s1. The average molecular weight is 593 g/mol. The Morgan fingerprint density at radius 1 is 1.12 bits per heavy atom. The highest BCUT2D eigenvalue weighted by Crippen LogP contribution is 2.45. The van der Waals surface area contributed by atoms with E-state index in [1.165, 1.54) is 31.6 Å². The summed E-state index contributed by atoms with van der Waals surface area (Å²) in [6.45, 7) is 3.48. The Labute approximate surface area is 239 Å². The van der Waals surface area contributed by atoms with E-state index in [0.29, 0.717) is 34.0 Å². The number of rotatable bonds is 7. The van der Waals surface area contributed by atoms with Crippen molar-refractivity contribution in [2.75, 3.05) is 24.9 Å². The molecule has 0 fully saturated rings. The average Bonchev–Trinajstić information content (AvgIpc) is 3.52. The summed E-state index contributed by atoms with van der Waals surface area (Å²) in [5, 5.41) is 10.2. The highest BCUT2D eigenvalue weighted by molar-refractivity contribution is 7.17. The molecule has 9 nitrogen and oxygen atoms in total. The quantitative estimate of drug-likeness (QED) is 0.310. The van der Waals surface area contributed by atoms with Gasteiger partial charge in [-0.05, 0) is 62.8 Å². The molecule has 2 N–H and O–H groups in total. The lowest BCUT2D eigenvalue weighted by atomic mass is 9.95. The van der Waals surface area contributed by atoms with Gasteiger partial charge in [-0.3, -0.25) is 4.79 Å². The molecule has 5 rings (SSSR count). The van der Waals surface area contributed by atoms with Gasteiger partial charge >= 0.3 is 12.1 Å². The fraction of sp³-hybridized carbons (Fsp3) is 0.464. The number of ether oxygens (including phenoxy) is 3. The summed E-state index contributed by atoms with van der Waals surface area (Å²) in [6, 6.07) is 3.52. The van der Waals surface area contributed by atoms with E-state index in [4.69, 9.17) is 14.2 Å². The van der Waals surface area contributed by atoms with Crippen LogP contribution in [-0.4, -0.2) is 48.2 Å². The van der Waals surface area contributed by atoms with Crippen LogP contribution in [0.3, 0.4) is 0 Å². The van der Waals surface area contributed by atoms with Gasteiger partial charge in [-0.2, -0.15) is 18.3 Å². The van der Waals surface area contributed by atoms with Crippen LogP contribution in [0.4, 0.5) is 24.0 Å². The third-order valence-electron chi connectivity index (χ3n) is 7.18. The highest BCUT2D eigenvalue weighted by Gasteiger charge is 2.47. The Morgan fingerprint density at radius 2 is 1.85 bits per heavy atom. The Bertz CT molecular complexity index is 1470. The number of alkyl halides is 3. The van der Waals surface area contributed by atoms with E-state index in [1.807, 2.05) is 0 Å². The number of carbonyl (C=O) groups excluding carboxylic acids is 2. The van der Waals surface area contributed by atoms with Crippen LogP contribution in [0.2, 0.25) is 0 Å². The number of anilines is 2. The topological polar surface area (TPSA) is 104 Å². The maximum absolute atomic E-state index is 14.2. The van der Waals surface area contributed by atoms with Gasteiger partial charge in [0.25, 0.3) is 5.91 Å². The van der Waals surface area contributed by atoms with Crippen LogP contribution in [0.5, 0.6) is 11.5 Å². The lowest BCUT2D eigenvalue weighted by Crippen LogP contribution is -2.35. The second-order valence-corrected chi connectivity index (χ2v) is 11.4. The molecule has 13 heteroatoms. The summed E-state index contributed by atoms with van der Waals surface area (Å²) >= 11 is 1.30. The van der Waals surface area contributed by atoms with E-state index in [2.05, 4.69) is 15.7 Å². The van der Waals surface area contributed by atoms with Crippen molar-refractivity contribution < 1.29 is 37.0 Å². The van der Waals surface area contributed by atoms with Crippen LogP contribution >= 0.6 is 11.3 Å². The molecular weight excluding hydrogens is 561 g/mol. The minimum atomic E-state index is -4.62. The van der Waals surface area contributed by atoms with Gasteiger partial charge in [0, 0.05) is 17.4 Å². The first-order chi connectivity index (χ1) is 19.5. The SMILES string of the molecule is COc1ccc([C@H]2C[C@H](C(F)(F)F)n3nc(C(=O)Nc4sc5c(c4C(=O)OC(C)C)CCCC5)cc3N2)cc1OC. The summed E-state index contributed by atoms with van der Waals surface area (Å²) in [5.74, 6) is -0.353. The van der Waals surface area contributed by atoms with Crippen molar-refractivity contribution in [3.63, 3.8) is 0 Å². The molecule has 0 saturated heterocycles. The molecule has 0 spiro atoms. The second kappa shape index (κ2) is 11.3. The van der Waals surface area contributed by atoms with Crippen LogP contribution in [0.15, 0.2) is 24.3 Å². The fourth-order valence-electron chi connectivity index (χ4n) is 5.28. The normalized spacial score (nSPS) is 18.2. The number of aryl methyl sites for hydroxylation is 1. The molecule has 1 aliphatic carbocycles. The number of esters is 1. The molecule has 1 aliphatic heterocycles. The maximum atomic E-state index is 14.2. The van der Waals surface area contributed by atoms with Crippen LogP contribution in [-0.2, 0) is 17.6 Å². The van der Waals surface area contributed by atoms with E-state index < -0.39 is 30.1 Å². The van der Waals surface area contributed by atoms with Crippen molar-refractivity contribution in [3.8, 4) is 11.5 Å². The van der Waals surface area contributed by atoms with Gasteiger partial charge in [-0.15, -0.1) is 11.3 Å². The van der Waals surface area contributed by atoms with E-state index in [-0.39, 0.29) is 24.0 Å². The largest absolute Gasteiger partial charge is 0.493 e. The summed E-state index contributed by atoms with van der Waals surface area (Å²) in [5.41, 5.74) is 1.54. The first kappa shape index (κ1) is 28.8. The maximum Gasteiger partial charge on any atom is 0.410 e. The first-order valence-corrected chi connectivity index (χ1v) is 14.1. The summed E-state index contributed by atoms with van der Waals surface area (Å²) in [4.78, 5) is 27.3. The molecule has 3 heterocycles. The van der Waals surface area contributed by atoms with E-state index in [9.17, 15) is 22.8 Å². The zero-order valence-corrected chi connectivity index (χ0v) is 23.9. The van der Waals surface area contributed by atoms with Crippen LogP contribution in [0, 0.1) is 0 Å². The van der Waals surface area contributed by atoms with Gasteiger partial charge in [0.1, 0.15) is 10.8 Å². The van der Waals surface area contributed by atoms with Crippen molar-refractivity contribution in [1.82, 2.24) is 9.78 Å². The van der Waals surface area contributed by atoms with Gasteiger partial charge in [0.2, 0.25) is 0 Å². The lowest BCUT2D eigenvalue weighted by molar-refractivity contribution is -0.173. The van der Waals surface area contributed by atoms with Gasteiger partial charge in [-0.25, -0.2) is 9.48 Å². The number of thiophene rings is 1. The number of amides is 1. The zero-order chi connectivity index (χ0) is 29.5. The predicted octanol–water partition coefficient (Wildman–Crippen LogP) is 6.32. The third kappa shape index (κ3) is 5.72. The number of hydrogen-bond donors (Lipinski definition) is 2. The Morgan fingerprint density at radius 3 is 2.54 bits per heavy atom. The number of halogens is 3. The van der Waals surface area contributed by atoms with E-state index in [0.717, 1.165) is 34.4 Å². The molecule has 0 unspecified atom stereocenters. The molecule has 1 aromatic carbocycles. The van der Waals surface area contributed by atoms with Crippen molar-refractivity contribution in [1.29, 1.82) is 0 Å². The number of methoxy groups -OCH3 is 2. The minimum absolute atomic E-state index is 0.0495. The molecule has 1 amide bonds. The van der Waals surface area contributed by atoms with E-state index >= 15 is 0 Å². The number of aromatic nitrogens is 2. The van der Waals surface area contributed by atoms with Crippen molar-refractivity contribution in [2.24, 2.45) is 0 Å². The number of nitrogens with one attached hydrogen (secondary N) is 2. The molecule has 2 aliphatic rings. The van der Waals surface area contributed by atoms with Gasteiger partial charge in [0.15, 0.2) is 23.2 Å². The second-order valence-electron chi connectivity index (χ2n) is 10.3. The highest BCUT2D eigenvalue weighted by atomic mass is 32.1. The van der Waals surface area contributed by atoms with Gasteiger partial charge in [-0.1, -0.05) is 6.07 Å². The minimum Gasteiger partial charge on any atom is -0.493 e. The monoisotopic (exact) mass is 592 g/mol. The fourth-order valence-corrected chi connectivity index (χ4v) is 6.56. The van der Waals surface area contributed by atoms with Crippen LogP contribution in [0.1, 0.15) is 82.0 Å². The summed E-state index contributed by atoms with van der Waals surface area (Å²) < 4.78 is 59.5. The van der Waals surface area contributed by atoms with Gasteiger partial charge in [0.05, 0.1) is 31.9 Å². The summed E-state index contributed by atoms with van der Waals surface area (Å²) in [6.07, 6.45) is -1.96. The number of carbonyl (C=O) groups is 2. The molecule has 0 saturated carbocycles. The molecule has 0 bridgehead atoms. The third-order valence-corrected chi connectivity index (χ3v) is 8.38. The number of benzene rings is 1. The molecule has 0 radical (unpaired) electrons. The lowest BCUT2D eigenvalue weighted by Gasteiger charge is -2.33. The number of fused-ring (bicyclic) bond motifs is 2.